The molecule has 2 heterocycles. The Hall–Kier alpha value is -1.46. The highest BCUT2D eigenvalue weighted by Gasteiger charge is 2.03. The fourth-order valence-electron chi connectivity index (χ4n) is 1.48. The second kappa shape index (κ2) is 3.96. The molecule has 80 valence electrons. The van der Waals surface area contributed by atoms with Crippen LogP contribution in [0.25, 0.3) is 5.65 Å². The van der Waals surface area contributed by atoms with E-state index in [0.717, 1.165) is 28.4 Å². The van der Waals surface area contributed by atoms with Gasteiger partial charge in [0.2, 0.25) is 0 Å². The van der Waals surface area contributed by atoms with Crippen molar-refractivity contribution in [2.45, 2.75) is 19.9 Å². The Morgan fingerprint density at radius 1 is 1.53 bits per heavy atom. The van der Waals surface area contributed by atoms with Crippen LogP contribution in [0, 0.1) is 0 Å². The van der Waals surface area contributed by atoms with Crippen molar-refractivity contribution in [2.75, 3.05) is 7.05 Å². The van der Waals surface area contributed by atoms with Gasteiger partial charge in [0.15, 0.2) is 5.65 Å². The van der Waals surface area contributed by atoms with Crippen LogP contribution in [-0.2, 0) is 13.0 Å². The number of nitrogens with zero attached hydrogens (tertiary/aromatic N) is 4. The number of aryl methyl sites for hydroxylation is 1. The Morgan fingerprint density at radius 3 is 3.00 bits per heavy atom. The Kier molecular flexibility index (Phi) is 2.66. The van der Waals surface area contributed by atoms with Crippen LogP contribution in [-0.4, -0.2) is 31.9 Å². The summed E-state index contributed by atoms with van der Waals surface area (Å²) < 4.78 is 1.75. The van der Waals surface area contributed by atoms with Crippen LogP contribution in [0.1, 0.15) is 18.2 Å². The van der Waals surface area contributed by atoms with Gasteiger partial charge in [-0.1, -0.05) is 6.92 Å². The van der Waals surface area contributed by atoms with Gasteiger partial charge in [0.25, 0.3) is 0 Å². The second-order valence-electron chi connectivity index (χ2n) is 3.57. The molecule has 0 fully saturated rings. The molecule has 0 aliphatic rings. The normalized spacial score (nSPS) is 11.5. The van der Waals surface area contributed by atoms with Crippen molar-refractivity contribution in [1.82, 2.24) is 19.7 Å². The topological polar surface area (TPSA) is 53.7 Å². The van der Waals surface area contributed by atoms with Gasteiger partial charge >= 0.3 is 0 Å². The molecule has 2 rings (SSSR count). The van der Waals surface area contributed by atoms with Crippen molar-refractivity contribution in [1.29, 1.82) is 0 Å². The molecule has 0 spiro atoms. The number of hydroxylamine groups is 2. The van der Waals surface area contributed by atoms with Crippen LogP contribution >= 0.6 is 0 Å². The van der Waals surface area contributed by atoms with Gasteiger partial charge in [0, 0.05) is 31.1 Å². The largest absolute Gasteiger partial charge is 0.314 e. The zero-order chi connectivity index (χ0) is 10.8. The number of rotatable bonds is 3. The van der Waals surface area contributed by atoms with E-state index in [-0.39, 0.29) is 0 Å². The third-order valence-corrected chi connectivity index (χ3v) is 2.19. The summed E-state index contributed by atoms with van der Waals surface area (Å²) in [5.41, 5.74) is 2.80. The maximum absolute atomic E-state index is 9.11. The van der Waals surface area contributed by atoms with Crippen molar-refractivity contribution in [3.8, 4) is 0 Å². The van der Waals surface area contributed by atoms with Gasteiger partial charge in [-0.2, -0.15) is 10.2 Å². The van der Waals surface area contributed by atoms with E-state index < -0.39 is 0 Å². The lowest BCUT2D eigenvalue weighted by atomic mass is 10.3. The number of hydrogen-bond acceptors (Lipinski definition) is 4. The maximum atomic E-state index is 9.11. The van der Waals surface area contributed by atoms with Crippen LogP contribution in [0.3, 0.4) is 0 Å². The van der Waals surface area contributed by atoms with Crippen molar-refractivity contribution >= 4 is 5.65 Å². The van der Waals surface area contributed by atoms with Crippen molar-refractivity contribution in [3.63, 3.8) is 0 Å². The summed E-state index contributed by atoms with van der Waals surface area (Å²) in [6.45, 7) is 2.51. The first kappa shape index (κ1) is 10.1. The van der Waals surface area contributed by atoms with Gasteiger partial charge < -0.3 is 5.21 Å². The SMILES string of the molecule is CCc1cc2ncc(CN(C)O)cn2n1. The summed E-state index contributed by atoms with van der Waals surface area (Å²) in [6.07, 6.45) is 4.54. The van der Waals surface area contributed by atoms with Gasteiger partial charge in [0.05, 0.1) is 12.2 Å². The fraction of sp³-hybridized carbons (Fsp3) is 0.400. The van der Waals surface area contributed by atoms with Crippen LogP contribution in [0.4, 0.5) is 0 Å². The van der Waals surface area contributed by atoms with Crippen molar-refractivity contribution in [2.24, 2.45) is 0 Å². The minimum absolute atomic E-state index is 0.449. The molecule has 5 nitrogen and oxygen atoms in total. The monoisotopic (exact) mass is 206 g/mol. The van der Waals surface area contributed by atoms with E-state index in [2.05, 4.69) is 17.0 Å². The summed E-state index contributed by atoms with van der Waals surface area (Å²) in [7, 11) is 1.60. The van der Waals surface area contributed by atoms with Crippen molar-refractivity contribution < 1.29 is 5.21 Å². The summed E-state index contributed by atoms with van der Waals surface area (Å²) >= 11 is 0. The maximum Gasteiger partial charge on any atom is 0.155 e. The first-order valence-corrected chi connectivity index (χ1v) is 4.92. The quantitative estimate of drug-likeness (QED) is 0.764. The molecular weight excluding hydrogens is 192 g/mol. The van der Waals surface area contributed by atoms with E-state index in [1.165, 1.54) is 0 Å². The van der Waals surface area contributed by atoms with Crippen LogP contribution in [0.2, 0.25) is 0 Å². The molecule has 0 radical (unpaired) electrons. The first-order valence-electron chi connectivity index (χ1n) is 4.92. The highest BCUT2D eigenvalue weighted by Crippen LogP contribution is 2.06. The molecule has 1 N–H and O–H groups in total. The molecule has 15 heavy (non-hydrogen) atoms. The van der Waals surface area contributed by atoms with E-state index in [1.807, 2.05) is 12.3 Å². The lowest BCUT2D eigenvalue weighted by Crippen LogP contribution is -2.12. The van der Waals surface area contributed by atoms with Gasteiger partial charge in [-0.3, -0.25) is 0 Å². The molecule has 0 aliphatic heterocycles. The molecule has 0 atom stereocenters. The number of fused-ring (bicyclic) bond motifs is 1. The van der Waals surface area contributed by atoms with Gasteiger partial charge in [-0.15, -0.1) is 0 Å². The van der Waals surface area contributed by atoms with Gasteiger partial charge in [-0.25, -0.2) is 9.50 Å². The summed E-state index contributed by atoms with van der Waals surface area (Å²) in [5, 5.41) is 14.6. The van der Waals surface area contributed by atoms with E-state index in [1.54, 1.807) is 17.8 Å². The average molecular weight is 206 g/mol. The average Bonchev–Trinajstić information content (AvgIpc) is 2.58. The molecule has 5 heteroatoms. The highest BCUT2D eigenvalue weighted by molar-refractivity contribution is 5.39. The van der Waals surface area contributed by atoms with E-state index in [4.69, 9.17) is 5.21 Å². The Morgan fingerprint density at radius 2 is 2.33 bits per heavy atom. The second-order valence-corrected chi connectivity index (χ2v) is 3.57. The highest BCUT2D eigenvalue weighted by atomic mass is 16.5. The van der Waals surface area contributed by atoms with E-state index in [9.17, 15) is 0 Å². The number of hydrogen-bond donors (Lipinski definition) is 1. The van der Waals surface area contributed by atoms with Crippen LogP contribution in [0.15, 0.2) is 18.5 Å². The Bertz CT molecular complexity index is 463. The van der Waals surface area contributed by atoms with Crippen LogP contribution in [0.5, 0.6) is 0 Å². The molecular formula is C10H14N4O. The minimum Gasteiger partial charge on any atom is -0.314 e. The Balaban J connectivity index is 2.37. The third kappa shape index (κ3) is 2.14. The predicted octanol–water partition coefficient (Wildman–Crippen LogP) is 1.11. The molecule has 0 amide bonds. The standard InChI is InChI=1S/C10H14N4O/c1-3-9-4-10-11-5-8(6-13(2)15)7-14(10)12-9/h4-5,7,15H,3,6H2,1-2H3. The molecule has 0 aliphatic carbocycles. The van der Waals surface area contributed by atoms with Crippen LogP contribution < -0.4 is 0 Å². The third-order valence-electron chi connectivity index (χ3n) is 2.19. The Labute approximate surface area is 87.9 Å². The fourth-order valence-corrected chi connectivity index (χ4v) is 1.48. The minimum atomic E-state index is 0.449. The zero-order valence-electron chi connectivity index (χ0n) is 8.88. The molecule has 0 saturated heterocycles. The van der Waals surface area contributed by atoms with E-state index >= 15 is 0 Å². The lowest BCUT2D eigenvalue weighted by Gasteiger charge is -2.06. The predicted molar refractivity (Wildman–Crippen MR) is 55.6 cm³/mol. The molecule has 0 saturated carbocycles. The summed E-state index contributed by atoms with van der Waals surface area (Å²) in [5.74, 6) is 0. The first-order chi connectivity index (χ1) is 7.19. The van der Waals surface area contributed by atoms with Crippen molar-refractivity contribution in [3.05, 3.63) is 29.7 Å². The summed E-state index contributed by atoms with van der Waals surface area (Å²) in [4.78, 5) is 4.27. The lowest BCUT2D eigenvalue weighted by molar-refractivity contribution is -0.0733. The molecule has 2 aromatic heterocycles. The molecule has 0 bridgehead atoms. The number of aromatic nitrogens is 3. The zero-order valence-corrected chi connectivity index (χ0v) is 8.88. The molecule has 0 unspecified atom stereocenters. The molecule has 2 aromatic rings. The molecule has 0 aromatic carbocycles. The van der Waals surface area contributed by atoms with Gasteiger partial charge in [-0.05, 0) is 6.42 Å². The van der Waals surface area contributed by atoms with Gasteiger partial charge in [0.1, 0.15) is 0 Å². The van der Waals surface area contributed by atoms with E-state index in [0.29, 0.717) is 6.54 Å². The smallest absolute Gasteiger partial charge is 0.155 e. The summed E-state index contributed by atoms with van der Waals surface area (Å²) in [6, 6.07) is 1.96.